The van der Waals surface area contributed by atoms with Crippen molar-refractivity contribution in [1.82, 2.24) is 14.7 Å². The Hall–Kier alpha value is -1.41. The van der Waals surface area contributed by atoms with Crippen molar-refractivity contribution in [1.29, 1.82) is 0 Å². The van der Waals surface area contributed by atoms with Gasteiger partial charge in [0.05, 0.1) is 6.26 Å². The van der Waals surface area contributed by atoms with Crippen molar-refractivity contribution < 1.29 is 8.42 Å². The fourth-order valence-electron chi connectivity index (χ4n) is 1.20. The molecule has 0 aliphatic heterocycles. The normalized spacial score (nSPS) is 11.2. The maximum atomic E-state index is 10.8. The molecule has 1 rings (SSSR count). The van der Waals surface area contributed by atoms with Gasteiger partial charge in [-0.25, -0.2) is 23.1 Å². The monoisotopic (exact) mass is 259 g/mol. The smallest absolute Gasteiger partial charge is 0.208 e. The summed E-state index contributed by atoms with van der Waals surface area (Å²) in [5.74, 6) is 1.35. The molecule has 0 aromatic carbocycles. The zero-order chi connectivity index (χ0) is 12.9. The van der Waals surface area contributed by atoms with Crippen molar-refractivity contribution in [2.45, 2.75) is 0 Å². The lowest BCUT2D eigenvalue weighted by Crippen LogP contribution is -2.28. The van der Waals surface area contributed by atoms with Gasteiger partial charge in [-0.2, -0.15) is 0 Å². The van der Waals surface area contributed by atoms with E-state index in [-0.39, 0.29) is 0 Å². The minimum Gasteiger partial charge on any atom is -0.366 e. The van der Waals surface area contributed by atoms with Crippen LogP contribution < -0.4 is 14.9 Å². The number of sulfonamides is 1. The van der Waals surface area contributed by atoms with Crippen molar-refractivity contribution in [3.63, 3.8) is 0 Å². The molecular weight excluding hydrogens is 242 g/mol. The van der Waals surface area contributed by atoms with Gasteiger partial charge in [-0.15, -0.1) is 0 Å². The van der Waals surface area contributed by atoms with E-state index in [2.05, 4.69) is 20.0 Å². The quantitative estimate of drug-likeness (QED) is 0.670. The van der Waals surface area contributed by atoms with Crippen LogP contribution in [-0.2, 0) is 10.0 Å². The van der Waals surface area contributed by atoms with Crippen LogP contribution >= 0.6 is 0 Å². The molecule has 17 heavy (non-hydrogen) atoms. The molecule has 8 heteroatoms. The van der Waals surface area contributed by atoms with Gasteiger partial charge < -0.3 is 10.2 Å². The minimum atomic E-state index is -3.14. The van der Waals surface area contributed by atoms with E-state index in [1.165, 1.54) is 0 Å². The van der Waals surface area contributed by atoms with Gasteiger partial charge in [-0.3, -0.25) is 0 Å². The molecule has 0 saturated heterocycles. The summed E-state index contributed by atoms with van der Waals surface area (Å²) in [5.41, 5.74) is 0. The Bertz CT molecular complexity index is 460. The van der Waals surface area contributed by atoms with Crippen LogP contribution in [0.2, 0.25) is 0 Å². The SMILES string of the molecule is CN(C)c1nccnc1NCCNS(C)(=O)=O. The second-order valence-corrected chi connectivity index (χ2v) is 5.55. The lowest BCUT2D eigenvalue weighted by molar-refractivity contribution is 0.589. The molecule has 0 aliphatic rings. The summed E-state index contributed by atoms with van der Waals surface area (Å²) < 4.78 is 24.1. The van der Waals surface area contributed by atoms with E-state index in [0.717, 1.165) is 6.26 Å². The molecule has 96 valence electrons. The topological polar surface area (TPSA) is 87.2 Å². The highest BCUT2D eigenvalue weighted by Gasteiger charge is 2.06. The molecule has 0 saturated carbocycles. The Morgan fingerprint density at radius 1 is 1.24 bits per heavy atom. The van der Waals surface area contributed by atoms with Crippen LogP contribution in [0.1, 0.15) is 0 Å². The Morgan fingerprint density at radius 3 is 2.47 bits per heavy atom. The molecule has 0 spiro atoms. The fourth-order valence-corrected chi connectivity index (χ4v) is 1.67. The van der Waals surface area contributed by atoms with Crippen LogP contribution in [0.5, 0.6) is 0 Å². The predicted octanol–water partition coefficient (Wildman–Crippen LogP) is -0.496. The molecule has 0 fully saturated rings. The number of hydrogen-bond donors (Lipinski definition) is 2. The average molecular weight is 259 g/mol. The van der Waals surface area contributed by atoms with Crippen molar-refractivity contribution in [2.24, 2.45) is 0 Å². The number of nitrogens with zero attached hydrogens (tertiary/aromatic N) is 3. The van der Waals surface area contributed by atoms with Gasteiger partial charge >= 0.3 is 0 Å². The molecule has 0 bridgehead atoms. The van der Waals surface area contributed by atoms with Gasteiger partial charge in [0, 0.05) is 39.6 Å². The molecule has 0 amide bonds. The summed E-state index contributed by atoms with van der Waals surface area (Å²) in [5, 5.41) is 3.02. The van der Waals surface area contributed by atoms with E-state index in [1.54, 1.807) is 12.4 Å². The molecule has 1 aromatic rings. The highest BCUT2D eigenvalue weighted by atomic mass is 32.2. The molecule has 1 aromatic heterocycles. The number of nitrogens with one attached hydrogen (secondary N) is 2. The first-order chi connectivity index (χ1) is 7.90. The largest absolute Gasteiger partial charge is 0.366 e. The zero-order valence-corrected chi connectivity index (χ0v) is 11.0. The van der Waals surface area contributed by atoms with Crippen LogP contribution in [0.4, 0.5) is 11.6 Å². The second kappa shape index (κ2) is 5.78. The van der Waals surface area contributed by atoms with Crippen LogP contribution in [0, 0.1) is 0 Å². The van der Waals surface area contributed by atoms with Crippen molar-refractivity contribution in [3.05, 3.63) is 12.4 Å². The Morgan fingerprint density at radius 2 is 1.88 bits per heavy atom. The van der Waals surface area contributed by atoms with E-state index in [4.69, 9.17) is 0 Å². The van der Waals surface area contributed by atoms with E-state index in [0.29, 0.717) is 24.7 Å². The maximum absolute atomic E-state index is 10.8. The molecule has 1 heterocycles. The van der Waals surface area contributed by atoms with Gasteiger partial charge in [0.1, 0.15) is 0 Å². The fraction of sp³-hybridized carbons (Fsp3) is 0.556. The summed E-state index contributed by atoms with van der Waals surface area (Å²) >= 11 is 0. The molecular formula is C9H17N5O2S. The third-order valence-corrected chi connectivity index (χ3v) is 2.61. The molecule has 2 N–H and O–H groups in total. The molecule has 0 atom stereocenters. The number of aromatic nitrogens is 2. The van der Waals surface area contributed by atoms with Crippen LogP contribution in [-0.4, -0.2) is 51.8 Å². The standard InChI is InChI=1S/C9H17N5O2S/c1-14(2)9-8(10-4-5-12-9)11-6-7-13-17(3,15)16/h4-5,13H,6-7H2,1-3H3,(H,10,11). The maximum Gasteiger partial charge on any atom is 0.208 e. The van der Waals surface area contributed by atoms with Gasteiger partial charge in [-0.05, 0) is 0 Å². The van der Waals surface area contributed by atoms with E-state index in [9.17, 15) is 8.42 Å². The molecule has 0 unspecified atom stereocenters. The van der Waals surface area contributed by atoms with Crippen LogP contribution in [0.25, 0.3) is 0 Å². The molecule has 7 nitrogen and oxygen atoms in total. The molecule has 0 radical (unpaired) electrons. The lowest BCUT2D eigenvalue weighted by atomic mass is 10.5. The Labute approximate surface area is 101 Å². The van der Waals surface area contributed by atoms with Gasteiger partial charge in [0.2, 0.25) is 10.0 Å². The first-order valence-electron chi connectivity index (χ1n) is 5.07. The summed E-state index contributed by atoms with van der Waals surface area (Å²) in [4.78, 5) is 10.1. The lowest BCUT2D eigenvalue weighted by Gasteiger charge is -2.15. The first kappa shape index (κ1) is 13.7. The highest BCUT2D eigenvalue weighted by Crippen LogP contribution is 2.16. The third kappa shape index (κ3) is 4.96. The average Bonchev–Trinajstić information content (AvgIpc) is 2.23. The van der Waals surface area contributed by atoms with E-state index in [1.807, 2.05) is 19.0 Å². The van der Waals surface area contributed by atoms with Gasteiger partial charge in [0.15, 0.2) is 11.6 Å². The van der Waals surface area contributed by atoms with Gasteiger partial charge in [0.25, 0.3) is 0 Å². The van der Waals surface area contributed by atoms with Crippen LogP contribution in [0.3, 0.4) is 0 Å². The van der Waals surface area contributed by atoms with Crippen LogP contribution in [0.15, 0.2) is 12.4 Å². The molecule has 0 aliphatic carbocycles. The van der Waals surface area contributed by atoms with E-state index >= 15 is 0 Å². The van der Waals surface area contributed by atoms with Crippen molar-refractivity contribution >= 4 is 21.7 Å². The number of rotatable bonds is 6. The third-order valence-electron chi connectivity index (χ3n) is 1.88. The summed E-state index contributed by atoms with van der Waals surface area (Å²) in [6.07, 6.45) is 4.31. The Balaban J connectivity index is 2.52. The van der Waals surface area contributed by atoms with Gasteiger partial charge in [-0.1, -0.05) is 0 Å². The number of hydrogen-bond acceptors (Lipinski definition) is 6. The first-order valence-corrected chi connectivity index (χ1v) is 6.96. The summed E-state index contributed by atoms with van der Waals surface area (Å²) in [6.45, 7) is 0.759. The van der Waals surface area contributed by atoms with Crippen molar-refractivity contribution in [2.75, 3.05) is 43.7 Å². The minimum absolute atomic E-state index is 0.308. The Kier molecular flexibility index (Phi) is 4.64. The van der Waals surface area contributed by atoms with Crippen molar-refractivity contribution in [3.8, 4) is 0 Å². The summed E-state index contributed by atoms with van der Waals surface area (Å²) in [6, 6.07) is 0. The summed E-state index contributed by atoms with van der Waals surface area (Å²) in [7, 11) is 0.589. The number of anilines is 2. The zero-order valence-electron chi connectivity index (χ0n) is 10.1. The highest BCUT2D eigenvalue weighted by molar-refractivity contribution is 7.88. The predicted molar refractivity (Wildman–Crippen MR) is 67.7 cm³/mol. The van der Waals surface area contributed by atoms with E-state index < -0.39 is 10.0 Å². The second-order valence-electron chi connectivity index (χ2n) is 3.72.